The van der Waals surface area contributed by atoms with Crippen LogP contribution in [0.1, 0.15) is 11.5 Å². The third-order valence-corrected chi connectivity index (χ3v) is 1.45. The summed E-state index contributed by atoms with van der Waals surface area (Å²) in [6.07, 6.45) is -3.27. The topological polar surface area (TPSA) is 43.8 Å². The van der Waals surface area contributed by atoms with Gasteiger partial charge < -0.3 is 5.73 Å². The van der Waals surface area contributed by atoms with Gasteiger partial charge in [0.1, 0.15) is 5.82 Å². The molecule has 68 valence electrons. The Morgan fingerprint density at radius 3 is 2.50 bits per heavy atom. The van der Waals surface area contributed by atoms with Gasteiger partial charge in [0.05, 0.1) is 6.54 Å². The smallest absolute Gasteiger partial charge is 0.324 e. The van der Waals surface area contributed by atoms with Crippen LogP contribution in [0, 0.1) is 6.92 Å². The maximum Gasteiger partial charge on any atom is 0.490 e. The van der Waals surface area contributed by atoms with Gasteiger partial charge in [0, 0.05) is 11.9 Å². The molecule has 2 N–H and O–H groups in total. The van der Waals surface area contributed by atoms with Crippen LogP contribution < -0.4 is 5.73 Å². The van der Waals surface area contributed by atoms with E-state index < -0.39 is 6.30 Å². The number of imidazole rings is 1. The van der Waals surface area contributed by atoms with Gasteiger partial charge in [-0.3, -0.25) is 0 Å². The van der Waals surface area contributed by atoms with Gasteiger partial charge in [0.2, 0.25) is 0 Å². The number of hydrogen-bond donors (Lipinski definition) is 1. The fourth-order valence-corrected chi connectivity index (χ4v) is 0.977. The van der Waals surface area contributed by atoms with E-state index in [9.17, 15) is 13.2 Å². The number of nitrogens with two attached hydrogens (primary N) is 1. The van der Waals surface area contributed by atoms with Gasteiger partial charge >= 0.3 is 6.30 Å². The molecule has 3 nitrogen and oxygen atoms in total. The summed E-state index contributed by atoms with van der Waals surface area (Å²) in [7, 11) is 0. The molecule has 0 aromatic carbocycles. The van der Waals surface area contributed by atoms with Crippen LogP contribution >= 0.6 is 0 Å². The second-order valence-corrected chi connectivity index (χ2v) is 2.32. The van der Waals surface area contributed by atoms with E-state index in [2.05, 4.69) is 4.98 Å². The van der Waals surface area contributed by atoms with E-state index in [1.165, 1.54) is 6.92 Å². The van der Waals surface area contributed by atoms with E-state index >= 15 is 0 Å². The first-order valence-electron chi connectivity index (χ1n) is 3.27. The molecule has 0 fully saturated rings. The van der Waals surface area contributed by atoms with Crippen molar-refractivity contribution in [3.63, 3.8) is 0 Å². The summed E-state index contributed by atoms with van der Waals surface area (Å²) in [4.78, 5) is 3.52. The maximum absolute atomic E-state index is 12.2. The van der Waals surface area contributed by atoms with Crippen LogP contribution in [0.3, 0.4) is 0 Å². The lowest BCUT2D eigenvalue weighted by Crippen LogP contribution is -2.22. The second-order valence-electron chi connectivity index (χ2n) is 2.32. The minimum atomic E-state index is -4.42. The van der Waals surface area contributed by atoms with Crippen LogP contribution in [0.4, 0.5) is 13.2 Å². The molecule has 0 amide bonds. The molecule has 1 aromatic heterocycles. The molecular formula is C6H8F3N3. The van der Waals surface area contributed by atoms with Crippen molar-refractivity contribution in [3.05, 3.63) is 17.7 Å². The molecule has 6 heteroatoms. The number of aryl methyl sites for hydroxylation is 1. The maximum atomic E-state index is 12.2. The van der Waals surface area contributed by atoms with E-state index in [4.69, 9.17) is 5.73 Å². The molecule has 0 aliphatic heterocycles. The number of aromatic nitrogens is 2. The summed E-state index contributed by atoms with van der Waals surface area (Å²) < 4.78 is 36.8. The van der Waals surface area contributed by atoms with Gasteiger partial charge in [-0.15, -0.1) is 13.2 Å². The molecule has 1 aromatic rings. The number of alkyl halides is 3. The largest absolute Gasteiger partial charge is 0.490 e. The molecule has 0 saturated heterocycles. The normalized spacial score (nSPS) is 12.1. The monoisotopic (exact) mass is 179 g/mol. The Kier molecular flexibility index (Phi) is 2.10. The number of nitrogens with zero attached hydrogens (tertiary/aromatic N) is 2. The van der Waals surface area contributed by atoms with E-state index in [1.54, 1.807) is 0 Å². The fourth-order valence-electron chi connectivity index (χ4n) is 0.977. The highest BCUT2D eigenvalue weighted by Gasteiger charge is 2.34. The molecule has 0 bridgehead atoms. The second kappa shape index (κ2) is 2.78. The van der Waals surface area contributed by atoms with E-state index in [1.807, 2.05) is 0 Å². The Morgan fingerprint density at radius 1 is 1.58 bits per heavy atom. The van der Waals surface area contributed by atoms with E-state index in [0.717, 1.165) is 6.20 Å². The summed E-state index contributed by atoms with van der Waals surface area (Å²) in [5, 5.41) is 0. The minimum absolute atomic E-state index is 0.0444. The Balaban J connectivity index is 3.19. The van der Waals surface area contributed by atoms with Crippen LogP contribution in [0.5, 0.6) is 0 Å². The van der Waals surface area contributed by atoms with Crippen molar-refractivity contribution in [1.82, 2.24) is 9.55 Å². The molecule has 1 rings (SSSR count). The Labute approximate surface area is 67.0 Å². The molecule has 0 saturated carbocycles. The van der Waals surface area contributed by atoms with Crippen molar-refractivity contribution in [2.75, 3.05) is 0 Å². The summed E-state index contributed by atoms with van der Waals surface area (Å²) in [6.45, 7) is 1.12. The fraction of sp³-hybridized carbons (Fsp3) is 0.500. The number of hydrogen-bond acceptors (Lipinski definition) is 2. The van der Waals surface area contributed by atoms with E-state index in [0.29, 0.717) is 0 Å². The van der Waals surface area contributed by atoms with Crippen LogP contribution in [0.2, 0.25) is 0 Å². The quantitative estimate of drug-likeness (QED) is 0.702. The lowest BCUT2D eigenvalue weighted by atomic mass is 10.5. The average Bonchev–Trinajstić information content (AvgIpc) is 2.29. The highest BCUT2D eigenvalue weighted by Crippen LogP contribution is 2.25. The molecule has 0 unspecified atom stereocenters. The summed E-state index contributed by atoms with van der Waals surface area (Å²) in [6, 6.07) is 0. The number of rotatable bonds is 1. The molecule has 1 heterocycles. The first-order chi connectivity index (χ1) is 5.46. The van der Waals surface area contributed by atoms with Crippen molar-refractivity contribution in [3.8, 4) is 0 Å². The van der Waals surface area contributed by atoms with Gasteiger partial charge in [-0.25, -0.2) is 9.55 Å². The van der Waals surface area contributed by atoms with Gasteiger partial charge in [-0.05, 0) is 6.92 Å². The highest BCUT2D eigenvalue weighted by atomic mass is 19.4. The molecule has 0 atom stereocenters. The number of halogens is 3. The molecule has 0 spiro atoms. The van der Waals surface area contributed by atoms with Crippen molar-refractivity contribution < 1.29 is 13.2 Å². The highest BCUT2D eigenvalue weighted by molar-refractivity contribution is 5.04. The van der Waals surface area contributed by atoms with Crippen molar-refractivity contribution in [2.45, 2.75) is 19.8 Å². The molecule has 0 radical (unpaired) electrons. The zero-order valence-corrected chi connectivity index (χ0v) is 6.39. The van der Waals surface area contributed by atoms with Gasteiger partial charge in [-0.1, -0.05) is 0 Å². The van der Waals surface area contributed by atoms with Crippen molar-refractivity contribution in [1.29, 1.82) is 0 Å². The zero-order chi connectivity index (χ0) is 9.35. The molecule has 12 heavy (non-hydrogen) atoms. The lowest BCUT2D eigenvalue weighted by molar-refractivity contribution is -0.206. The third-order valence-electron chi connectivity index (χ3n) is 1.45. The van der Waals surface area contributed by atoms with E-state index in [-0.39, 0.29) is 22.6 Å². The van der Waals surface area contributed by atoms with Crippen LogP contribution in [0.15, 0.2) is 6.20 Å². The van der Waals surface area contributed by atoms with Crippen LogP contribution in [-0.2, 0) is 12.8 Å². The van der Waals surface area contributed by atoms with Gasteiger partial charge in [0.25, 0.3) is 0 Å². The Morgan fingerprint density at radius 2 is 2.17 bits per heavy atom. The molecule has 0 aliphatic carbocycles. The van der Waals surface area contributed by atoms with Gasteiger partial charge in [0.15, 0.2) is 0 Å². The van der Waals surface area contributed by atoms with Crippen LogP contribution in [-0.4, -0.2) is 9.55 Å². The lowest BCUT2D eigenvalue weighted by Gasteiger charge is -2.11. The average molecular weight is 179 g/mol. The predicted octanol–water partition coefficient (Wildman–Crippen LogP) is 1.13. The Hall–Kier alpha value is -1.04. The van der Waals surface area contributed by atoms with Crippen molar-refractivity contribution >= 4 is 0 Å². The molecular weight excluding hydrogens is 171 g/mol. The third kappa shape index (κ3) is 1.42. The van der Waals surface area contributed by atoms with Gasteiger partial charge in [-0.2, -0.15) is 0 Å². The standard InChI is InChI=1S/C6H8F3N3/c1-4-3-11-5(2-10)12(4)6(7,8)9/h3H,2,10H2,1H3. The predicted molar refractivity (Wildman–Crippen MR) is 36.2 cm³/mol. The summed E-state index contributed by atoms with van der Waals surface area (Å²) in [5.74, 6) is -0.167. The van der Waals surface area contributed by atoms with Crippen molar-refractivity contribution in [2.24, 2.45) is 5.73 Å². The minimum Gasteiger partial charge on any atom is -0.324 e. The molecule has 0 aliphatic rings. The Bertz CT molecular complexity index is 276. The first-order valence-corrected chi connectivity index (χ1v) is 3.27. The summed E-state index contributed by atoms with van der Waals surface area (Å²) in [5.41, 5.74) is 5.12. The van der Waals surface area contributed by atoms with Crippen LogP contribution in [0.25, 0.3) is 0 Å². The first kappa shape index (κ1) is 9.05. The zero-order valence-electron chi connectivity index (χ0n) is 6.39. The SMILES string of the molecule is Cc1cnc(CN)n1C(F)(F)F. The summed E-state index contributed by atoms with van der Waals surface area (Å²) >= 11 is 0.